The summed E-state index contributed by atoms with van der Waals surface area (Å²) in [6.45, 7) is -0.0117. The molecule has 4 rings (SSSR count). The van der Waals surface area contributed by atoms with Crippen molar-refractivity contribution in [3.05, 3.63) is 41.3 Å². The van der Waals surface area contributed by atoms with Crippen LogP contribution in [0.2, 0.25) is 0 Å². The first-order chi connectivity index (χ1) is 15.2. The summed E-state index contributed by atoms with van der Waals surface area (Å²) in [7, 11) is 0. The van der Waals surface area contributed by atoms with Gasteiger partial charge in [0.15, 0.2) is 0 Å². The Kier molecular flexibility index (Phi) is 5.28. The molecule has 2 fully saturated rings. The number of carbonyl (C=O) groups is 1. The van der Waals surface area contributed by atoms with Gasteiger partial charge in [0.25, 0.3) is 0 Å². The number of halogens is 9. The zero-order chi connectivity index (χ0) is 24.4. The summed E-state index contributed by atoms with van der Waals surface area (Å²) in [6.07, 6.45) is -11.3. The molecular formula is C19H13F9N2O2S. The fourth-order valence-electron chi connectivity index (χ4n) is 4.44. The number of alkyl halides is 8. The van der Waals surface area contributed by atoms with E-state index < -0.39 is 57.9 Å². The van der Waals surface area contributed by atoms with Crippen LogP contribution in [-0.4, -0.2) is 35.5 Å². The molecule has 1 aliphatic heterocycles. The van der Waals surface area contributed by atoms with Crippen LogP contribution in [0.4, 0.5) is 39.5 Å². The summed E-state index contributed by atoms with van der Waals surface area (Å²) >= 11 is 0.294. The van der Waals surface area contributed by atoms with Crippen molar-refractivity contribution in [2.75, 3.05) is 13.1 Å². The second kappa shape index (κ2) is 7.32. The van der Waals surface area contributed by atoms with Crippen LogP contribution in [0.1, 0.15) is 24.1 Å². The lowest BCUT2D eigenvalue weighted by Gasteiger charge is -2.26. The lowest BCUT2D eigenvalue weighted by molar-refractivity contribution is -0.214. The Balaban J connectivity index is 1.84. The maximum absolute atomic E-state index is 15.2. The summed E-state index contributed by atoms with van der Waals surface area (Å²) in [4.78, 5) is 11.2. The fourth-order valence-corrected chi connectivity index (χ4v) is 5.26. The average Bonchev–Trinajstić information content (AvgIpc) is 3.06. The highest BCUT2D eigenvalue weighted by molar-refractivity contribution is 7.09. The Hall–Kier alpha value is -2.35. The standard InChI is InChI=1S/C19H13F9N2O2S/c20-9-1-2-10(11(7-9)17(21,22)23)12-8-13(30-33-12)16(32-14(31)18(24,25)26)15(19(16,27)28)3-5-29-6-4-15/h1-2,7-8,29H,3-6H2. The first kappa shape index (κ1) is 23.8. The van der Waals surface area contributed by atoms with Crippen LogP contribution in [0.15, 0.2) is 24.3 Å². The smallest absolute Gasteiger partial charge is 0.438 e. The quantitative estimate of drug-likeness (QED) is 0.456. The molecule has 1 aliphatic carbocycles. The van der Waals surface area contributed by atoms with Crippen molar-refractivity contribution < 1.29 is 49.0 Å². The van der Waals surface area contributed by atoms with E-state index in [9.17, 15) is 35.5 Å². The molecule has 1 saturated heterocycles. The molecule has 1 saturated carbocycles. The monoisotopic (exact) mass is 504 g/mol. The molecule has 33 heavy (non-hydrogen) atoms. The molecule has 2 heterocycles. The van der Waals surface area contributed by atoms with Crippen LogP contribution in [-0.2, 0) is 21.3 Å². The predicted octanol–water partition coefficient (Wildman–Crippen LogP) is 5.29. The summed E-state index contributed by atoms with van der Waals surface area (Å²) < 4.78 is 131. The van der Waals surface area contributed by atoms with Crippen molar-refractivity contribution >= 4 is 17.5 Å². The van der Waals surface area contributed by atoms with E-state index >= 15 is 8.78 Å². The molecule has 180 valence electrons. The number of rotatable bonds is 3. The molecule has 1 unspecified atom stereocenters. The molecule has 0 amide bonds. The minimum Gasteiger partial charge on any atom is -0.438 e. The van der Waals surface area contributed by atoms with E-state index in [2.05, 4.69) is 14.4 Å². The highest BCUT2D eigenvalue weighted by atomic mass is 32.1. The molecule has 1 atom stereocenters. The molecule has 1 aromatic heterocycles. The Bertz CT molecular complexity index is 1090. The number of piperidine rings is 1. The minimum atomic E-state index is -5.58. The maximum Gasteiger partial charge on any atom is 0.490 e. The van der Waals surface area contributed by atoms with E-state index in [1.165, 1.54) is 0 Å². The summed E-state index contributed by atoms with van der Waals surface area (Å²) in [5.74, 6) is -8.01. The van der Waals surface area contributed by atoms with Crippen molar-refractivity contribution in [1.82, 2.24) is 9.69 Å². The molecule has 14 heteroatoms. The SMILES string of the molecule is O=C(OC1(c2cc(-c3ccc(F)cc3C(F)(F)F)sn2)C(F)(F)C12CCNCC2)C(F)(F)F. The Morgan fingerprint density at radius 1 is 1.06 bits per heavy atom. The average molecular weight is 504 g/mol. The van der Waals surface area contributed by atoms with E-state index in [0.29, 0.717) is 17.6 Å². The van der Waals surface area contributed by atoms with Gasteiger partial charge in [-0.1, -0.05) is 0 Å². The van der Waals surface area contributed by atoms with E-state index in [1.807, 2.05) is 0 Å². The molecule has 1 N–H and O–H groups in total. The van der Waals surface area contributed by atoms with Crippen molar-refractivity contribution in [2.24, 2.45) is 5.41 Å². The van der Waals surface area contributed by atoms with Crippen LogP contribution >= 0.6 is 11.5 Å². The van der Waals surface area contributed by atoms with Gasteiger partial charge in [-0.2, -0.15) is 30.7 Å². The summed E-state index contributed by atoms with van der Waals surface area (Å²) in [6, 6.07) is 2.41. The third kappa shape index (κ3) is 3.40. The van der Waals surface area contributed by atoms with Crippen LogP contribution < -0.4 is 5.32 Å². The molecule has 1 aromatic carbocycles. The highest BCUT2D eigenvalue weighted by Gasteiger charge is 2.95. The van der Waals surface area contributed by atoms with Crippen molar-refractivity contribution in [3.8, 4) is 10.4 Å². The van der Waals surface area contributed by atoms with Crippen molar-refractivity contribution in [1.29, 1.82) is 0 Å². The zero-order valence-electron chi connectivity index (χ0n) is 16.2. The van der Waals surface area contributed by atoms with E-state index in [4.69, 9.17) is 0 Å². The number of nitrogens with one attached hydrogen (secondary N) is 1. The largest absolute Gasteiger partial charge is 0.490 e. The van der Waals surface area contributed by atoms with Gasteiger partial charge >= 0.3 is 24.2 Å². The maximum atomic E-state index is 15.2. The van der Waals surface area contributed by atoms with Gasteiger partial charge < -0.3 is 10.1 Å². The summed E-state index contributed by atoms with van der Waals surface area (Å²) in [5, 5.41) is 2.78. The molecule has 2 aromatic rings. The number of hydrogen-bond donors (Lipinski definition) is 1. The predicted molar refractivity (Wildman–Crippen MR) is 95.8 cm³/mol. The van der Waals surface area contributed by atoms with E-state index in [0.717, 1.165) is 12.1 Å². The van der Waals surface area contributed by atoms with Crippen molar-refractivity contribution in [3.63, 3.8) is 0 Å². The second-order valence-corrected chi connectivity index (χ2v) is 8.54. The van der Waals surface area contributed by atoms with Crippen LogP contribution in [0.5, 0.6) is 0 Å². The zero-order valence-corrected chi connectivity index (χ0v) is 17.0. The van der Waals surface area contributed by atoms with E-state index in [-0.39, 0.29) is 36.9 Å². The van der Waals surface area contributed by atoms with Gasteiger partial charge in [-0.3, -0.25) is 0 Å². The molecular weight excluding hydrogens is 491 g/mol. The topological polar surface area (TPSA) is 51.2 Å². The highest BCUT2D eigenvalue weighted by Crippen LogP contribution is 2.79. The van der Waals surface area contributed by atoms with Gasteiger partial charge in [0.05, 0.1) is 15.9 Å². The molecule has 0 radical (unpaired) electrons. The molecule has 2 aliphatic rings. The molecule has 1 spiro atoms. The first-order valence-corrected chi connectivity index (χ1v) is 10.2. The van der Waals surface area contributed by atoms with Gasteiger partial charge in [-0.05, 0) is 61.7 Å². The number of aromatic nitrogens is 1. The lowest BCUT2D eigenvalue weighted by atomic mass is 9.88. The second-order valence-electron chi connectivity index (χ2n) is 7.74. The van der Waals surface area contributed by atoms with E-state index in [1.54, 1.807) is 0 Å². The third-order valence-electron chi connectivity index (χ3n) is 6.01. The first-order valence-electron chi connectivity index (χ1n) is 9.40. The summed E-state index contributed by atoms with van der Waals surface area (Å²) in [5.41, 5.74) is -8.11. The van der Waals surface area contributed by atoms with Crippen molar-refractivity contribution in [2.45, 2.75) is 36.7 Å². The third-order valence-corrected chi connectivity index (χ3v) is 6.83. The van der Waals surface area contributed by atoms with Crippen LogP contribution in [0.3, 0.4) is 0 Å². The molecule has 0 bridgehead atoms. The van der Waals surface area contributed by atoms with Crippen LogP contribution in [0.25, 0.3) is 10.4 Å². The molecule has 4 nitrogen and oxygen atoms in total. The van der Waals surface area contributed by atoms with Gasteiger partial charge in [0, 0.05) is 5.56 Å². The lowest BCUT2D eigenvalue weighted by Crippen LogP contribution is -2.38. The van der Waals surface area contributed by atoms with Gasteiger partial charge in [0.1, 0.15) is 11.5 Å². The number of ether oxygens (including phenoxy) is 1. The van der Waals surface area contributed by atoms with Gasteiger partial charge in [-0.15, -0.1) is 0 Å². The van der Waals surface area contributed by atoms with Gasteiger partial charge in [0.2, 0.25) is 5.60 Å². The Morgan fingerprint density at radius 3 is 2.27 bits per heavy atom. The number of esters is 1. The Morgan fingerprint density at radius 2 is 1.70 bits per heavy atom. The minimum absolute atomic E-state index is 0.00587. The normalized spacial score (nSPS) is 24.0. The number of nitrogens with zero attached hydrogens (tertiary/aromatic N) is 1. The number of benzene rings is 1. The Labute approximate surface area is 183 Å². The fraction of sp³-hybridized carbons (Fsp3) is 0.474. The number of carbonyl (C=O) groups excluding carboxylic acids is 1. The van der Waals surface area contributed by atoms with Gasteiger partial charge in [-0.25, -0.2) is 18.0 Å². The van der Waals surface area contributed by atoms with Crippen LogP contribution in [0, 0.1) is 11.2 Å². The number of hydrogen-bond acceptors (Lipinski definition) is 5.